The molecular formula is C23H20ClN3O6. The first kappa shape index (κ1) is 22.3. The molecule has 0 bridgehead atoms. The summed E-state index contributed by atoms with van der Waals surface area (Å²) < 4.78 is 27.0. The third-order valence-corrected chi connectivity index (χ3v) is 5.13. The fourth-order valence-electron chi connectivity index (χ4n) is 3.29. The molecule has 0 saturated carbocycles. The van der Waals surface area contributed by atoms with E-state index in [-0.39, 0.29) is 18.4 Å². The van der Waals surface area contributed by atoms with E-state index in [1.807, 2.05) is 0 Å². The van der Waals surface area contributed by atoms with Crippen molar-refractivity contribution >= 4 is 28.5 Å². The molecule has 2 heterocycles. The van der Waals surface area contributed by atoms with Gasteiger partial charge in [-0.2, -0.15) is 0 Å². The molecule has 4 aromatic rings. The number of hydrogen-bond donors (Lipinski definition) is 0. The van der Waals surface area contributed by atoms with Gasteiger partial charge in [-0.15, -0.1) is 10.2 Å². The van der Waals surface area contributed by atoms with E-state index in [2.05, 4.69) is 15.2 Å². The van der Waals surface area contributed by atoms with E-state index < -0.39 is 5.97 Å². The highest BCUT2D eigenvalue weighted by molar-refractivity contribution is 6.31. The average molecular weight is 470 g/mol. The molecule has 2 aromatic carbocycles. The zero-order chi connectivity index (χ0) is 23.5. The highest BCUT2D eigenvalue weighted by Crippen LogP contribution is 2.40. The van der Waals surface area contributed by atoms with Gasteiger partial charge < -0.3 is 23.4 Å². The van der Waals surface area contributed by atoms with Crippen LogP contribution in [0.2, 0.25) is 5.02 Å². The van der Waals surface area contributed by atoms with Gasteiger partial charge >= 0.3 is 5.97 Å². The number of rotatable bonds is 7. The number of hydrogen-bond acceptors (Lipinski definition) is 9. The fraction of sp³-hybridized carbons (Fsp3) is 0.217. The maximum Gasteiger partial charge on any atom is 0.340 e. The number of benzene rings is 2. The van der Waals surface area contributed by atoms with Gasteiger partial charge in [-0.25, -0.2) is 4.79 Å². The maximum absolute atomic E-state index is 12.6. The van der Waals surface area contributed by atoms with E-state index in [0.717, 1.165) is 10.9 Å². The molecule has 0 atom stereocenters. The molecule has 10 heteroatoms. The molecule has 0 spiro atoms. The molecule has 0 N–H and O–H groups in total. The Kier molecular flexibility index (Phi) is 6.32. The molecule has 33 heavy (non-hydrogen) atoms. The van der Waals surface area contributed by atoms with Gasteiger partial charge in [0.15, 0.2) is 18.1 Å². The van der Waals surface area contributed by atoms with Crippen molar-refractivity contribution in [3.8, 4) is 28.7 Å². The van der Waals surface area contributed by atoms with E-state index in [4.69, 9.17) is 35.0 Å². The summed E-state index contributed by atoms with van der Waals surface area (Å²) in [7, 11) is 4.54. The SMILES string of the molecule is COc1cc(-c2nnc(COC(=O)c3cc4cc(Cl)ccc4nc3C)o2)cc(OC)c1OC. The number of aromatic nitrogens is 3. The summed E-state index contributed by atoms with van der Waals surface area (Å²) >= 11 is 6.05. The lowest BCUT2D eigenvalue weighted by Crippen LogP contribution is -2.08. The summed E-state index contributed by atoms with van der Waals surface area (Å²) in [5.74, 6) is 1.10. The average Bonchev–Trinajstić information content (AvgIpc) is 3.30. The minimum atomic E-state index is -0.561. The van der Waals surface area contributed by atoms with Crippen LogP contribution in [0.15, 0.2) is 40.8 Å². The van der Waals surface area contributed by atoms with Crippen LogP contribution in [0.4, 0.5) is 0 Å². The van der Waals surface area contributed by atoms with Crippen LogP contribution in [0.25, 0.3) is 22.4 Å². The van der Waals surface area contributed by atoms with Crippen LogP contribution < -0.4 is 14.2 Å². The van der Waals surface area contributed by atoms with E-state index >= 15 is 0 Å². The molecule has 0 fully saturated rings. The second kappa shape index (κ2) is 9.33. The Morgan fingerprint density at radius 1 is 1.00 bits per heavy atom. The molecule has 0 radical (unpaired) electrons. The lowest BCUT2D eigenvalue weighted by Gasteiger charge is -2.12. The van der Waals surface area contributed by atoms with Crippen LogP contribution in [0.1, 0.15) is 21.9 Å². The number of nitrogens with zero attached hydrogens (tertiary/aromatic N) is 3. The third-order valence-electron chi connectivity index (χ3n) is 4.89. The number of fused-ring (bicyclic) bond motifs is 1. The molecule has 2 aromatic heterocycles. The molecule has 0 unspecified atom stereocenters. The Balaban J connectivity index is 1.52. The van der Waals surface area contributed by atoms with Gasteiger partial charge in [-0.05, 0) is 43.3 Å². The smallest absolute Gasteiger partial charge is 0.340 e. The number of ether oxygens (including phenoxy) is 4. The quantitative estimate of drug-likeness (QED) is 0.358. The first-order valence-corrected chi connectivity index (χ1v) is 10.2. The number of carbonyl (C=O) groups excluding carboxylic acids is 1. The van der Waals surface area contributed by atoms with Crippen LogP contribution in [-0.2, 0) is 11.3 Å². The number of halogens is 1. The van der Waals surface area contributed by atoms with Gasteiger partial charge in [0.05, 0.1) is 38.1 Å². The van der Waals surface area contributed by atoms with Crippen molar-refractivity contribution in [3.63, 3.8) is 0 Å². The van der Waals surface area contributed by atoms with E-state index in [1.165, 1.54) is 21.3 Å². The summed E-state index contributed by atoms with van der Waals surface area (Å²) in [6, 6.07) is 10.3. The Bertz CT molecular complexity index is 1310. The zero-order valence-corrected chi connectivity index (χ0v) is 19.1. The molecule has 0 aliphatic heterocycles. The molecule has 9 nitrogen and oxygen atoms in total. The number of methoxy groups -OCH3 is 3. The predicted octanol–water partition coefficient (Wildman–Crippen LogP) is 4.63. The molecule has 4 rings (SSSR count). The first-order valence-electron chi connectivity index (χ1n) is 9.80. The van der Waals surface area contributed by atoms with Crippen LogP contribution >= 0.6 is 11.6 Å². The topological polar surface area (TPSA) is 106 Å². The Hall–Kier alpha value is -3.85. The van der Waals surface area contributed by atoms with Gasteiger partial charge in [0.2, 0.25) is 11.6 Å². The highest BCUT2D eigenvalue weighted by Gasteiger charge is 2.19. The Morgan fingerprint density at radius 2 is 1.73 bits per heavy atom. The predicted molar refractivity (Wildman–Crippen MR) is 120 cm³/mol. The molecule has 0 aliphatic carbocycles. The van der Waals surface area contributed by atoms with E-state index in [9.17, 15) is 4.79 Å². The standard InChI is InChI=1S/C23H20ClN3O6/c1-12-16(8-13-7-15(24)5-6-17(13)25-12)23(28)32-11-20-26-27-22(33-20)14-9-18(29-2)21(31-4)19(10-14)30-3/h5-10H,11H2,1-4H3. The second-order valence-corrected chi connectivity index (χ2v) is 7.39. The summed E-state index contributed by atoms with van der Waals surface area (Å²) in [6.07, 6.45) is 0. The minimum Gasteiger partial charge on any atom is -0.493 e. The largest absolute Gasteiger partial charge is 0.493 e. The summed E-state index contributed by atoms with van der Waals surface area (Å²) in [5, 5.41) is 9.27. The van der Waals surface area contributed by atoms with Crippen LogP contribution in [0.3, 0.4) is 0 Å². The normalized spacial score (nSPS) is 10.8. The van der Waals surface area contributed by atoms with Gasteiger partial charge in [-0.1, -0.05) is 11.6 Å². The molecule has 0 amide bonds. The molecule has 0 aliphatic rings. The lowest BCUT2D eigenvalue weighted by atomic mass is 10.1. The molecule has 0 saturated heterocycles. The number of pyridine rings is 1. The van der Waals surface area contributed by atoms with Crippen molar-refractivity contribution in [3.05, 3.63) is 58.6 Å². The minimum absolute atomic E-state index is 0.126. The summed E-state index contributed by atoms with van der Waals surface area (Å²) in [6.45, 7) is 1.53. The number of carbonyl (C=O) groups is 1. The zero-order valence-electron chi connectivity index (χ0n) is 18.3. The van der Waals surface area contributed by atoms with Crippen LogP contribution in [0, 0.1) is 6.92 Å². The summed E-state index contributed by atoms with van der Waals surface area (Å²) in [5.41, 5.74) is 2.16. The maximum atomic E-state index is 12.6. The summed E-state index contributed by atoms with van der Waals surface area (Å²) in [4.78, 5) is 17.1. The van der Waals surface area contributed by atoms with Gasteiger partial charge in [-0.3, -0.25) is 4.98 Å². The Morgan fingerprint density at radius 3 is 2.39 bits per heavy atom. The first-order chi connectivity index (χ1) is 15.9. The van der Waals surface area contributed by atoms with Gasteiger partial charge in [0.1, 0.15) is 0 Å². The molecule has 170 valence electrons. The second-order valence-electron chi connectivity index (χ2n) is 6.95. The number of aryl methyl sites for hydroxylation is 1. The van der Waals surface area contributed by atoms with E-state index in [1.54, 1.807) is 43.3 Å². The van der Waals surface area contributed by atoms with Crippen molar-refractivity contribution in [2.75, 3.05) is 21.3 Å². The van der Waals surface area contributed by atoms with Crippen molar-refractivity contribution in [2.24, 2.45) is 0 Å². The van der Waals surface area contributed by atoms with Crippen molar-refractivity contribution in [1.29, 1.82) is 0 Å². The number of esters is 1. The lowest BCUT2D eigenvalue weighted by molar-refractivity contribution is 0.0437. The Labute approximate surface area is 194 Å². The van der Waals surface area contributed by atoms with Crippen molar-refractivity contribution in [2.45, 2.75) is 13.5 Å². The highest BCUT2D eigenvalue weighted by atomic mass is 35.5. The monoisotopic (exact) mass is 469 g/mol. The third kappa shape index (κ3) is 4.54. The van der Waals surface area contributed by atoms with Crippen LogP contribution in [-0.4, -0.2) is 42.5 Å². The molecular weight excluding hydrogens is 450 g/mol. The van der Waals surface area contributed by atoms with Crippen molar-refractivity contribution in [1.82, 2.24) is 15.2 Å². The van der Waals surface area contributed by atoms with Crippen molar-refractivity contribution < 1.29 is 28.2 Å². The van der Waals surface area contributed by atoms with Gasteiger partial charge in [0, 0.05) is 16.0 Å². The van der Waals surface area contributed by atoms with Crippen LogP contribution in [0.5, 0.6) is 17.2 Å². The van der Waals surface area contributed by atoms with Gasteiger partial charge in [0.25, 0.3) is 5.89 Å². The fourth-order valence-corrected chi connectivity index (χ4v) is 3.47. The van der Waals surface area contributed by atoms with E-state index in [0.29, 0.717) is 39.1 Å².